The second-order valence-corrected chi connectivity index (χ2v) is 10.3. The highest BCUT2D eigenvalue weighted by Gasteiger charge is 2.16. The molecule has 9 rings (SSSR count). The molecule has 0 bridgehead atoms. The normalized spacial score (nSPS) is 20.2. The van der Waals surface area contributed by atoms with Crippen LogP contribution in [0.3, 0.4) is 0 Å². The van der Waals surface area contributed by atoms with Crippen LogP contribution in [0.4, 0.5) is 0 Å². The highest BCUT2D eigenvalue weighted by atomic mass is 32.1. The van der Waals surface area contributed by atoms with E-state index in [2.05, 4.69) is 0 Å². The summed E-state index contributed by atoms with van der Waals surface area (Å²) < 4.78 is 231. The highest BCUT2D eigenvalue weighted by Crippen LogP contribution is 2.44. The second-order valence-electron chi connectivity index (χ2n) is 9.26. The Hall–Kier alpha value is -5.24. The molecule has 0 fully saturated rings. The molecule has 0 nitrogen and oxygen atoms in total. The maximum absolute atomic E-state index is 9.51. The number of thiophene rings is 1. The summed E-state index contributed by atoms with van der Waals surface area (Å²) in [6.07, 6.45) is 0. The van der Waals surface area contributed by atoms with Crippen molar-refractivity contribution in [3.8, 4) is 33.4 Å². The van der Waals surface area contributed by atoms with Crippen LogP contribution in [0.15, 0.2) is 157 Å². The highest BCUT2D eigenvalue weighted by molar-refractivity contribution is 7.25. The van der Waals surface area contributed by atoms with Gasteiger partial charge in [-0.1, -0.05) is 133 Å². The molecular formula is C42H26S. The average Bonchev–Trinajstić information content (AvgIpc) is 3.74. The van der Waals surface area contributed by atoms with Crippen LogP contribution in [0.25, 0.3) is 85.9 Å². The van der Waals surface area contributed by atoms with Gasteiger partial charge in [0, 0.05) is 20.2 Å². The third kappa shape index (κ3) is 3.90. The standard InChI is InChI=1S/C42H26S/c1-2-10-28(11-3-1)41-33-14-6-8-16-35(33)42(36-17-9-7-15-34(36)41)29-20-18-27(19-21-29)32-22-23-39-37(25-32)38-24-30-12-4-5-13-31(30)26-40(38)43-39/h1-26H/i1D,2D,3D,4D,5D,6D,7D,8D,9D,10D,11D,12D,13D,14D,15D,16D,17D,18D,19D,20D,21D,22D,23D,24D,25D,26D. The van der Waals surface area contributed by atoms with Crippen molar-refractivity contribution in [2.45, 2.75) is 0 Å². The lowest BCUT2D eigenvalue weighted by Gasteiger charge is -2.18. The first kappa shape index (κ1) is 9.91. The zero-order valence-corrected chi connectivity index (χ0v) is 22.2. The van der Waals surface area contributed by atoms with Gasteiger partial charge < -0.3 is 0 Å². The molecule has 9 aromatic rings. The smallest absolute Gasteiger partial charge is 0.0644 e. The molecule has 0 amide bonds. The first-order valence-electron chi connectivity index (χ1n) is 25.7. The summed E-state index contributed by atoms with van der Waals surface area (Å²) in [5, 5.41) is -3.87. The lowest BCUT2D eigenvalue weighted by molar-refractivity contribution is 1.63. The molecule has 0 saturated carbocycles. The van der Waals surface area contributed by atoms with Gasteiger partial charge in [-0.05, 0) is 89.9 Å². The lowest BCUT2D eigenvalue weighted by Crippen LogP contribution is -1.90. The Morgan fingerprint density at radius 3 is 1.42 bits per heavy atom. The van der Waals surface area contributed by atoms with Gasteiger partial charge in [0.25, 0.3) is 0 Å². The van der Waals surface area contributed by atoms with Crippen molar-refractivity contribution in [3.05, 3.63) is 157 Å². The van der Waals surface area contributed by atoms with E-state index in [1.807, 2.05) is 0 Å². The molecule has 0 atom stereocenters. The molecule has 0 N–H and O–H groups in total. The van der Waals surface area contributed by atoms with Crippen LogP contribution in [-0.2, 0) is 0 Å². The Balaban J connectivity index is 1.49. The summed E-state index contributed by atoms with van der Waals surface area (Å²) in [7, 11) is 0. The summed E-state index contributed by atoms with van der Waals surface area (Å²) in [4.78, 5) is 0. The molecule has 0 saturated heterocycles. The van der Waals surface area contributed by atoms with E-state index in [0.717, 1.165) is 0 Å². The van der Waals surface area contributed by atoms with E-state index in [1.54, 1.807) is 0 Å². The van der Waals surface area contributed by atoms with E-state index in [1.165, 1.54) is 0 Å². The fraction of sp³-hybridized carbons (Fsp3) is 0. The first-order chi connectivity index (χ1) is 32.2. The monoisotopic (exact) mass is 588 g/mol. The Morgan fingerprint density at radius 1 is 0.326 bits per heavy atom. The van der Waals surface area contributed by atoms with Gasteiger partial charge in [0.05, 0.1) is 35.6 Å². The molecule has 8 aromatic carbocycles. The fourth-order valence-corrected chi connectivity index (χ4v) is 6.02. The van der Waals surface area contributed by atoms with Gasteiger partial charge in [-0.25, -0.2) is 0 Å². The second kappa shape index (κ2) is 9.66. The Kier molecular flexibility index (Phi) is 2.23. The molecule has 43 heavy (non-hydrogen) atoms. The summed E-state index contributed by atoms with van der Waals surface area (Å²) >= 11 is 0.697. The van der Waals surface area contributed by atoms with Gasteiger partial charge in [-0.15, -0.1) is 11.3 Å². The molecule has 1 aromatic heterocycles. The van der Waals surface area contributed by atoms with Gasteiger partial charge >= 0.3 is 0 Å². The van der Waals surface area contributed by atoms with Gasteiger partial charge in [0.15, 0.2) is 0 Å². The molecule has 0 aliphatic carbocycles. The van der Waals surface area contributed by atoms with Crippen molar-refractivity contribution in [2.24, 2.45) is 0 Å². The van der Waals surface area contributed by atoms with E-state index in [4.69, 9.17) is 24.7 Å². The molecule has 0 aliphatic heterocycles. The van der Waals surface area contributed by atoms with E-state index in [-0.39, 0.29) is 30.9 Å². The van der Waals surface area contributed by atoms with Gasteiger partial charge in [-0.3, -0.25) is 0 Å². The third-order valence-corrected chi connectivity index (χ3v) is 7.91. The predicted molar refractivity (Wildman–Crippen MR) is 188 cm³/mol. The van der Waals surface area contributed by atoms with Gasteiger partial charge in [-0.2, -0.15) is 0 Å². The van der Waals surface area contributed by atoms with Crippen molar-refractivity contribution in [1.29, 1.82) is 0 Å². The summed E-state index contributed by atoms with van der Waals surface area (Å²) in [5.74, 6) is 0. The van der Waals surface area contributed by atoms with E-state index in [0.29, 0.717) is 11.3 Å². The number of rotatable bonds is 3. The third-order valence-electron chi connectivity index (χ3n) is 6.89. The Morgan fingerprint density at radius 2 is 0.791 bits per heavy atom. The minimum atomic E-state index is -1.04. The SMILES string of the molecule is [2H]c1c([2H])c([2H])c(-c2c3c([2H])c([2H])c([2H])c([2H])c3c(-c3c([2H])c([2H])c(-c4c([2H])c([2H])c5sc6c([2H])c7c([2H])c([2H])c([2H])c([2H])c7c([2H])c6c5c4[2H])c([2H])c3[2H])c3c([2H])c([2H])c([2H])c([2H])c23)c([2H])c1[2H]. The van der Waals surface area contributed by atoms with Crippen LogP contribution in [0.1, 0.15) is 35.6 Å². The lowest BCUT2D eigenvalue weighted by atomic mass is 9.86. The van der Waals surface area contributed by atoms with E-state index in [9.17, 15) is 11.0 Å². The van der Waals surface area contributed by atoms with E-state index < -0.39 is 212 Å². The van der Waals surface area contributed by atoms with Crippen LogP contribution < -0.4 is 0 Å². The average molecular weight is 589 g/mol. The van der Waals surface area contributed by atoms with Crippen molar-refractivity contribution in [3.63, 3.8) is 0 Å². The number of hydrogen-bond acceptors (Lipinski definition) is 1. The first-order valence-corrected chi connectivity index (χ1v) is 13.5. The molecule has 200 valence electrons. The number of fused-ring (bicyclic) bond motifs is 6. The Bertz CT molecular complexity index is 3830. The molecule has 0 unspecified atom stereocenters. The molecule has 1 heteroatoms. The largest absolute Gasteiger partial charge is 0.135 e. The van der Waals surface area contributed by atoms with Gasteiger partial charge in [0.2, 0.25) is 0 Å². The minimum Gasteiger partial charge on any atom is -0.135 e. The molecular weight excluding hydrogens is 537 g/mol. The van der Waals surface area contributed by atoms with Crippen molar-refractivity contribution >= 4 is 63.8 Å². The zero-order chi connectivity index (χ0) is 51.0. The topological polar surface area (TPSA) is 0 Å². The quantitative estimate of drug-likeness (QED) is 0.180. The molecule has 0 spiro atoms. The summed E-state index contributed by atoms with van der Waals surface area (Å²) in [6.45, 7) is 0. The maximum Gasteiger partial charge on any atom is 0.0644 e. The minimum absolute atomic E-state index is 0.0825. The number of benzene rings is 8. The number of hydrogen-bond donors (Lipinski definition) is 0. The summed E-state index contributed by atoms with van der Waals surface area (Å²) in [5.41, 5.74) is -4.31. The van der Waals surface area contributed by atoms with Crippen LogP contribution in [0.2, 0.25) is 0 Å². The van der Waals surface area contributed by atoms with Crippen molar-refractivity contribution < 1.29 is 35.6 Å². The van der Waals surface area contributed by atoms with Crippen LogP contribution in [0, 0.1) is 0 Å². The van der Waals surface area contributed by atoms with E-state index >= 15 is 0 Å². The summed E-state index contributed by atoms with van der Waals surface area (Å²) in [6, 6.07) is -22.0. The predicted octanol–water partition coefficient (Wildman–Crippen LogP) is 12.5. The van der Waals surface area contributed by atoms with Crippen LogP contribution in [-0.4, -0.2) is 0 Å². The molecule has 1 heterocycles. The molecule has 0 aliphatic rings. The van der Waals surface area contributed by atoms with Crippen molar-refractivity contribution in [2.75, 3.05) is 0 Å². The van der Waals surface area contributed by atoms with Crippen LogP contribution in [0.5, 0.6) is 0 Å². The van der Waals surface area contributed by atoms with Gasteiger partial charge in [0.1, 0.15) is 0 Å². The Labute approximate surface area is 290 Å². The molecule has 0 radical (unpaired) electrons. The maximum atomic E-state index is 9.51. The van der Waals surface area contributed by atoms with Crippen LogP contribution >= 0.6 is 11.3 Å². The fourth-order valence-electron chi connectivity index (χ4n) is 5.05. The van der Waals surface area contributed by atoms with Crippen molar-refractivity contribution in [1.82, 2.24) is 0 Å². The zero-order valence-electron chi connectivity index (χ0n) is 47.4.